The molecule has 2 aromatic carbocycles. The molecule has 0 saturated heterocycles. The van der Waals surface area contributed by atoms with Crippen LogP contribution in [0, 0.1) is 10.8 Å². The number of alkyl halides is 3. The van der Waals surface area contributed by atoms with Gasteiger partial charge in [-0.15, -0.1) is 13.2 Å². The second-order valence-electron chi connectivity index (χ2n) is 6.01. The van der Waals surface area contributed by atoms with E-state index in [1.807, 2.05) is 30.3 Å². The van der Waals surface area contributed by atoms with Crippen molar-refractivity contribution in [1.82, 2.24) is 9.78 Å². The summed E-state index contributed by atoms with van der Waals surface area (Å²) in [7, 11) is 0. The van der Waals surface area contributed by atoms with Gasteiger partial charge in [-0.3, -0.25) is 10.8 Å². The molecule has 3 aromatic rings. The van der Waals surface area contributed by atoms with Crippen LogP contribution in [0.3, 0.4) is 0 Å². The number of benzene rings is 2. The summed E-state index contributed by atoms with van der Waals surface area (Å²) in [5.41, 5.74) is 1.86. The molecule has 2 N–H and O–H groups in total. The Hall–Kier alpha value is -3.46. The largest absolute Gasteiger partial charge is 0.573 e. The minimum absolute atomic E-state index is 0.0147. The van der Waals surface area contributed by atoms with Crippen LogP contribution in [-0.4, -0.2) is 28.6 Å². The highest BCUT2D eigenvalue weighted by molar-refractivity contribution is 5.81. The fourth-order valence-electron chi connectivity index (χ4n) is 2.51. The number of hydrogen-bond acceptors (Lipinski definition) is 5. The summed E-state index contributed by atoms with van der Waals surface area (Å²) < 4.78 is 47.3. The highest BCUT2D eigenvalue weighted by atomic mass is 19.4. The van der Waals surface area contributed by atoms with Crippen LogP contribution in [0.4, 0.5) is 13.2 Å². The lowest BCUT2D eigenvalue weighted by Gasteiger charge is -2.11. The fraction of sp³-hybridized carbons (Fsp3) is 0.150. The number of hydrogen-bond donors (Lipinski definition) is 2. The zero-order chi connectivity index (χ0) is 20.9. The van der Waals surface area contributed by atoms with E-state index in [4.69, 9.17) is 15.6 Å². The van der Waals surface area contributed by atoms with Gasteiger partial charge < -0.3 is 9.47 Å². The Bertz CT molecular complexity index is 1030. The number of nitrogens with one attached hydrogen (secondary N) is 2. The molecule has 0 unspecified atom stereocenters. The Labute approximate surface area is 164 Å². The predicted molar refractivity (Wildman–Crippen MR) is 99.4 cm³/mol. The molecule has 1 aromatic heterocycles. The van der Waals surface area contributed by atoms with E-state index in [-0.39, 0.29) is 23.7 Å². The number of nitrogens with zero attached hydrogens (tertiary/aromatic N) is 2. The Balaban J connectivity index is 1.70. The van der Waals surface area contributed by atoms with Gasteiger partial charge in [0.1, 0.15) is 17.8 Å². The van der Waals surface area contributed by atoms with Crippen LogP contribution >= 0.6 is 0 Å². The highest BCUT2D eigenvalue weighted by Gasteiger charge is 2.30. The van der Waals surface area contributed by atoms with Gasteiger partial charge in [0.05, 0.1) is 12.3 Å². The molecule has 0 amide bonds. The fourth-order valence-corrected chi connectivity index (χ4v) is 2.51. The molecule has 3 rings (SSSR count). The molecule has 9 heteroatoms. The van der Waals surface area contributed by atoms with Crippen LogP contribution in [-0.2, 0) is 11.3 Å². The quantitative estimate of drug-likeness (QED) is 0.483. The number of halogens is 3. The normalized spacial score (nSPS) is 11.3. The third kappa shape index (κ3) is 5.76. The smallest absolute Gasteiger partial charge is 0.406 e. The zero-order valence-corrected chi connectivity index (χ0v) is 15.1. The number of aromatic nitrogens is 2. The molecule has 0 aliphatic rings. The van der Waals surface area contributed by atoms with E-state index in [0.29, 0.717) is 17.9 Å². The highest BCUT2D eigenvalue weighted by Crippen LogP contribution is 2.25. The predicted octanol–water partition coefficient (Wildman–Crippen LogP) is 3.97. The third-order valence-corrected chi connectivity index (χ3v) is 3.82. The van der Waals surface area contributed by atoms with E-state index in [1.165, 1.54) is 30.3 Å². The van der Waals surface area contributed by atoms with Crippen molar-refractivity contribution in [3.63, 3.8) is 0 Å². The average molecular weight is 402 g/mol. The van der Waals surface area contributed by atoms with E-state index < -0.39 is 6.36 Å². The number of rotatable bonds is 6. The van der Waals surface area contributed by atoms with Crippen molar-refractivity contribution in [2.45, 2.75) is 13.0 Å². The van der Waals surface area contributed by atoms with Crippen molar-refractivity contribution < 1.29 is 22.6 Å². The SMILES string of the molecule is N=C(COCc1ccccc1)n1nc(-c2ccc(OC(F)(F)F)cc2)ccc1=N. The summed E-state index contributed by atoms with van der Waals surface area (Å²) in [5, 5.41) is 20.3. The van der Waals surface area contributed by atoms with Gasteiger partial charge in [0, 0.05) is 5.56 Å². The van der Waals surface area contributed by atoms with Gasteiger partial charge >= 0.3 is 6.36 Å². The molecule has 0 radical (unpaired) electrons. The van der Waals surface area contributed by atoms with Crippen LogP contribution in [0.1, 0.15) is 5.56 Å². The molecule has 0 bridgehead atoms. The first kappa shape index (κ1) is 20.3. The molecule has 0 atom stereocenters. The first-order valence-corrected chi connectivity index (χ1v) is 8.52. The van der Waals surface area contributed by atoms with Crippen molar-refractivity contribution in [2.24, 2.45) is 0 Å². The van der Waals surface area contributed by atoms with Gasteiger partial charge in [-0.05, 0) is 42.0 Å². The van der Waals surface area contributed by atoms with Gasteiger partial charge in [0.15, 0.2) is 5.84 Å². The van der Waals surface area contributed by atoms with Crippen LogP contribution in [0.5, 0.6) is 5.75 Å². The van der Waals surface area contributed by atoms with Crippen molar-refractivity contribution in [2.75, 3.05) is 6.61 Å². The molecule has 0 saturated carbocycles. The maximum absolute atomic E-state index is 12.3. The van der Waals surface area contributed by atoms with E-state index in [2.05, 4.69) is 9.84 Å². The van der Waals surface area contributed by atoms with E-state index >= 15 is 0 Å². The molecule has 1 heterocycles. The molecule has 0 aliphatic carbocycles. The maximum Gasteiger partial charge on any atom is 0.573 e. The van der Waals surface area contributed by atoms with E-state index in [1.54, 1.807) is 6.07 Å². The van der Waals surface area contributed by atoms with Crippen LogP contribution in [0.25, 0.3) is 11.3 Å². The molecular formula is C20H17F3N4O2. The topological polar surface area (TPSA) is 84.0 Å². The third-order valence-electron chi connectivity index (χ3n) is 3.82. The van der Waals surface area contributed by atoms with E-state index in [9.17, 15) is 13.2 Å². The lowest BCUT2D eigenvalue weighted by molar-refractivity contribution is -0.274. The minimum Gasteiger partial charge on any atom is -0.406 e. The first-order chi connectivity index (χ1) is 13.8. The maximum atomic E-state index is 12.3. The second-order valence-corrected chi connectivity index (χ2v) is 6.01. The van der Waals surface area contributed by atoms with Gasteiger partial charge in [-0.25, -0.2) is 0 Å². The summed E-state index contributed by atoms with van der Waals surface area (Å²) in [6, 6.07) is 17.7. The lowest BCUT2D eigenvalue weighted by atomic mass is 10.1. The molecular weight excluding hydrogens is 385 g/mol. The molecule has 29 heavy (non-hydrogen) atoms. The molecule has 6 nitrogen and oxygen atoms in total. The molecule has 150 valence electrons. The summed E-state index contributed by atoms with van der Waals surface area (Å²) >= 11 is 0. The molecule has 0 aliphatic heterocycles. The minimum atomic E-state index is -4.76. The molecule has 0 spiro atoms. The lowest BCUT2D eigenvalue weighted by Crippen LogP contribution is -2.31. The van der Waals surface area contributed by atoms with Crippen molar-refractivity contribution in [3.05, 3.63) is 77.8 Å². The van der Waals surface area contributed by atoms with Crippen LogP contribution in [0.2, 0.25) is 0 Å². The van der Waals surface area contributed by atoms with Crippen molar-refractivity contribution >= 4 is 5.84 Å². The van der Waals surface area contributed by atoms with Gasteiger partial charge in [0.2, 0.25) is 0 Å². The van der Waals surface area contributed by atoms with Crippen molar-refractivity contribution in [3.8, 4) is 17.0 Å². The van der Waals surface area contributed by atoms with Gasteiger partial charge in [0.25, 0.3) is 0 Å². The second kappa shape index (κ2) is 8.70. The zero-order valence-electron chi connectivity index (χ0n) is 15.1. The van der Waals surface area contributed by atoms with E-state index in [0.717, 1.165) is 10.2 Å². The van der Waals surface area contributed by atoms with Crippen LogP contribution < -0.4 is 10.2 Å². The summed E-state index contributed by atoms with van der Waals surface area (Å²) in [6.07, 6.45) is -4.76. The van der Waals surface area contributed by atoms with Crippen molar-refractivity contribution in [1.29, 1.82) is 10.8 Å². The Morgan fingerprint density at radius 3 is 2.31 bits per heavy atom. The Morgan fingerprint density at radius 2 is 1.66 bits per heavy atom. The van der Waals surface area contributed by atoms with Crippen LogP contribution in [0.15, 0.2) is 66.7 Å². The summed E-state index contributed by atoms with van der Waals surface area (Å²) in [6.45, 7) is 0.262. The monoisotopic (exact) mass is 402 g/mol. The Morgan fingerprint density at radius 1 is 0.966 bits per heavy atom. The van der Waals surface area contributed by atoms with Gasteiger partial charge in [-0.1, -0.05) is 30.3 Å². The number of ether oxygens (including phenoxy) is 2. The average Bonchev–Trinajstić information content (AvgIpc) is 2.68. The summed E-state index contributed by atoms with van der Waals surface area (Å²) in [5.74, 6) is -0.377. The first-order valence-electron chi connectivity index (χ1n) is 8.52. The molecule has 0 fully saturated rings. The van der Waals surface area contributed by atoms with Gasteiger partial charge in [-0.2, -0.15) is 9.78 Å². The standard InChI is InChI=1S/C20H17F3N4O2/c21-20(22,23)29-16-8-6-15(7-9-16)17-10-11-18(24)27(26-17)19(25)13-28-12-14-4-2-1-3-5-14/h1-11,24-25H,12-13H2. The Kier molecular flexibility index (Phi) is 6.08. The summed E-state index contributed by atoms with van der Waals surface area (Å²) in [4.78, 5) is 0.